The van der Waals surface area contributed by atoms with Crippen LogP contribution >= 0.6 is 0 Å². The molecule has 5 unspecified atom stereocenters. The molecule has 0 aromatic heterocycles. The van der Waals surface area contributed by atoms with Gasteiger partial charge >= 0.3 is 6.18 Å². The van der Waals surface area contributed by atoms with Gasteiger partial charge in [-0.05, 0) is 98.5 Å². The van der Waals surface area contributed by atoms with Crippen molar-refractivity contribution in [2.45, 2.75) is 95.9 Å². The van der Waals surface area contributed by atoms with E-state index < -0.39 is 17.9 Å². The van der Waals surface area contributed by atoms with Crippen LogP contribution in [0.15, 0.2) is 35.5 Å². The highest BCUT2D eigenvalue weighted by Crippen LogP contribution is 2.59. The molecule has 0 aromatic rings. The van der Waals surface area contributed by atoms with Crippen LogP contribution in [0.4, 0.5) is 13.2 Å². The average Bonchev–Trinajstić information content (AvgIpc) is 3.13. The molecule has 1 aliphatic heterocycles. The fourth-order valence-electron chi connectivity index (χ4n) is 7.57. The molecular weight excluding hydrogens is 439 g/mol. The first-order chi connectivity index (χ1) is 15.9. The maximum Gasteiger partial charge on any atom is 0.417 e. The van der Waals surface area contributed by atoms with Crippen molar-refractivity contribution in [3.05, 3.63) is 35.5 Å². The monoisotopic (exact) mass is 481 g/mol. The zero-order valence-electron chi connectivity index (χ0n) is 20.8. The van der Waals surface area contributed by atoms with Crippen LogP contribution in [0.25, 0.3) is 0 Å². The minimum atomic E-state index is -4.54. The second-order valence-electron chi connectivity index (χ2n) is 11.8. The Morgan fingerprint density at radius 1 is 1.09 bits per heavy atom. The number of hydrogen-bond donors (Lipinski definition) is 2. The van der Waals surface area contributed by atoms with Gasteiger partial charge < -0.3 is 15.1 Å². The maximum absolute atomic E-state index is 13.2. The summed E-state index contributed by atoms with van der Waals surface area (Å²) in [6.07, 6.45) is 7.78. The molecule has 5 atom stereocenters. The SMILES string of the molecule is C=C1/C(=C\C=C2/CCCC3(C)C2CCC3C(C)CN2CCC(O)(C(F)(F)F)CC2)CCCC1O. The molecule has 34 heavy (non-hydrogen) atoms. The smallest absolute Gasteiger partial charge is 0.388 e. The van der Waals surface area contributed by atoms with Gasteiger partial charge in [0.15, 0.2) is 5.60 Å². The maximum atomic E-state index is 13.2. The van der Waals surface area contributed by atoms with E-state index in [1.54, 1.807) is 0 Å². The molecule has 4 fully saturated rings. The fourth-order valence-corrected chi connectivity index (χ4v) is 7.57. The average molecular weight is 482 g/mol. The molecule has 0 aromatic carbocycles. The molecule has 1 heterocycles. The second kappa shape index (κ2) is 9.74. The summed E-state index contributed by atoms with van der Waals surface area (Å²) in [4.78, 5) is 2.13. The van der Waals surface area contributed by atoms with Crippen molar-refractivity contribution in [2.75, 3.05) is 19.6 Å². The highest BCUT2D eigenvalue weighted by molar-refractivity contribution is 5.37. The first-order valence-electron chi connectivity index (χ1n) is 13.2. The number of aliphatic hydroxyl groups excluding tert-OH is 1. The molecule has 4 aliphatic rings. The molecular formula is C28H42F3NO2. The molecule has 3 aliphatic carbocycles. The number of alkyl halides is 3. The van der Waals surface area contributed by atoms with Crippen molar-refractivity contribution >= 4 is 0 Å². The number of allylic oxidation sites excluding steroid dienone is 3. The topological polar surface area (TPSA) is 43.7 Å². The van der Waals surface area contributed by atoms with E-state index >= 15 is 0 Å². The number of fused-ring (bicyclic) bond motifs is 1. The highest BCUT2D eigenvalue weighted by Gasteiger charge is 2.55. The Labute approximate surface area is 202 Å². The zero-order valence-corrected chi connectivity index (χ0v) is 20.8. The molecule has 4 rings (SSSR count). The summed E-state index contributed by atoms with van der Waals surface area (Å²) in [6, 6.07) is 0. The van der Waals surface area contributed by atoms with Crippen molar-refractivity contribution in [2.24, 2.45) is 23.2 Å². The number of hydrogen-bond acceptors (Lipinski definition) is 3. The van der Waals surface area contributed by atoms with Gasteiger partial charge in [0.1, 0.15) is 0 Å². The van der Waals surface area contributed by atoms with Gasteiger partial charge in [-0.25, -0.2) is 0 Å². The quantitative estimate of drug-likeness (QED) is 0.504. The predicted octanol–water partition coefficient (Wildman–Crippen LogP) is 6.18. The van der Waals surface area contributed by atoms with E-state index in [4.69, 9.17) is 0 Å². The highest BCUT2D eigenvalue weighted by atomic mass is 19.4. The van der Waals surface area contributed by atoms with Gasteiger partial charge in [-0.3, -0.25) is 0 Å². The molecule has 3 saturated carbocycles. The lowest BCUT2D eigenvalue weighted by molar-refractivity contribution is -0.272. The van der Waals surface area contributed by atoms with Gasteiger partial charge in [0.2, 0.25) is 0 Å². The Morgan fingerprint density at radius 3 is 2.47 bits per heavy atom. The summed E-state index contributed by atoms with van der Waals surface area (Å²) in [5, 5.41) is 20.1. The van der Waals surface area contributed by atoms with Gasteiger partial charge in [0.25, 0.3) is 0 Å². The Morgan fingerprint density at radius 2 is 1.79 bits per heavy atom. The Kier molecular flexibility index (Phi) is 7.44. The van der Waals surface area contributed by atoms with Crippen molar-refractivity contribution < 1.29 is 23.4 Å². The Balaban J connectivity index is 1.40. The van der Waals surface area contributed by atoms with Crippen LogP contribution in [0, 0.1) is 23.2 Å². The van der Waals surface area contributed by atoms with E-state index in [2.05, 4.69) is 37.5 Å². The van der Waals surface area contributed by atoms with Gasteiger partial charge in [0.05, 0.1) is 6.10 Å². The molecule has 192 valence electrons. The Hall–Kier alpha value is -1.11. The number of halogens is 3. The molecule has 2 N–H and O–H groups in total. The Bertz CT molecular complexity index is 824. The van der Waals surface area contributed by atoms with Crippen molar-refractivity contribution in [1.29, 1.82) is 0 Å². The summed E-state index contributed by atoms with van der Waals surface area (Å²) in [6.45, 7) is 10.2. The van der Waals surface area contributed by atoms with Crippen molar-refractivity contribution in [1.82, 2.24) is 4.90 Å². The van der Waals surface area contributed by atoms with Crippen LogP contribution in [-0.4, -0.2) is 52.6 Å². The second-order valence-corrected chi connectivity index (χ2v) is 11.8. The molecule has 0 radical (unpaired) electrons. The zero-order chi connectivity index (χ0) is 24.7. The lowest BCUT2D eigenvalue weighted by atomic mass is 9.61. The van der Waals surface area contributed by atoms with Crippen LogP contribution in [0.2, 0.25) is 0 Å². The number of rotatable bonds is 4. The first-order valence-corrected chi connectivity index (χ1v) is 13.2. The molecule has 0 bridgehead atoms. The van der Waals surface area contributed by atoms with E-state index in [9.17, 15) is 23.4 Å². The van der Waals surface area contributed by atoms with Crippen molar-refractivity contribution in [3.63, 3.8) is 0 Å². The van der Waals surface area contributed by atoms with Crippen LogP contribution < -0.4 is 0 Å². The summed E-state index contributed by atoms with van der Waals surface area (Å²) < 4.78 is 39.5. The molecule has 1 saturated heterocycles. The van der Waals surface area contributed by atoms with Gasteiger partial charge in [-0.2, -0.15) is 13.2 Å². The van der Waals surface area contributed by atoms with E-state index in [0.29, 0.717) is 30.8 Å². The van der Waals surface area contributed by atoms with Crippen LogP contribution in [0.1, 0.15) is 78.1 Å². The number of nitrogens with zero attached hydrogens (tertiary/aromatic N) is 1. The largest absolute Gasteiger partial charge is 0.417 e. The molecule has 0 spiro atoms. The number of piperidine rings is 1. The minimum Gasteiger partial charge on any atom is -0.388 e. The molecule has 0 amide bonds. The summed E-state index contributed by atoms with van der Waals surface area (Å²) >= 11 is 0. The fraction of sp³-hybridized carbons (Fsp3) is 0.786. The normalized spacial score (nSPS) is 38.3. The van der Waals surface area contributed by atoms with Crippen molar-refractivity contribution in [3.8, 4) is 0 Å². The van der Waals surface area contributed by atoms with E-state index in [1.165, 1.54) is 36.8 Å². The van der Waals surface area contributed by atoms with Crippen LogP contribution in [0.5, 0.6) is 0 Å². The minimum absolute atomic E-state index is 0.227. The third-order valence-corrected chi connectivity index (χ3v) is 9.72. The van der Waals surface area contributed by atoms with Gasteiger partial charge in [-0.1, -0.05) is 38.2 Å². The van der Waals surface area contributed by atoms with Crippen LogP contribution in [-0.2, 0) is 0 Å². The third-order valence-electron chi connectivity index (χ3n) is 9.72. The number of aliphatic hydroxyl groups is 2. The van der Waals surface area contributed by atoms with Gasteiger partial charge in [-0.15, -0.1) is 0 Å². The first kappa shape index (κ1) is 26.0. The lowest BCUT2D eigenvalue weighted by Gasteiger charge is -2.46. The standard InChI is InChI=1S/C28H42F3NO2/c1-19(18-32-16-14-27(34,15-17-32)28(29,30)31)23-11-12-24-22(7-5-13-26(23,24)3)10-9-21-6-4-8-25(33)20(21)2/h9-10,19,23-25,33-34H,2,4-8,11-18H2,1,3H3/b21-9-,22-10+. The summed E-state index contributed by atoms with van der Waals surface area (Å²) in [7, 11) is 0. The summed E-state index contributed by atoms with van der Waals surface area (Å²) in [5.41, 5.74) is 1.29. The third kappa shape index (κ3) is 4.92. The van der Waals surface area contributed by atoms with Crippen LogP contribution in [0.3, 0.4) is 0 Å². The van der Waals surface area contributed by atoms with E-state index in [0.717, 1.165) is 37.8 Å². The molecule has 3 nitrogen and oxygen atoms in total. The van der Waals surface area contributed by atoms with E-state index in [1.807, 2.05) is 0 Å². The number of likely N-dealkylation sites (tertiary alicyclic amines) is 1. The van der Waals surface area contributed by atoms with Gasteiger partial charge in [0, 0.05) is 19.6 Å². The van der Waals surface area contributed by atoms with E-state index in [-0.39, 0.29) is 18.3 Å². The molecule has 6 heteroatoms. The lowest BCUT2D eigenvalue weighted by Crippen LogP contribution is -2.54. The summed E-state index contributed by atoms with van der Waals surface area (Å²) in [5.74, 6) is 1.53. The predicted molar refractivity (Wildman–Crippen MR) is 129 cm³/mol.